The lowest BCUT2D eigenvalue weighted by Crippen LogP contribution is -1.96. The predicted octanol–water partition coefficient (Wildman–Crippen LogP) is 2.11. The number of ether oxygens (including phenoxy) is 1. The largest absolute Gasteiger partial charge is 0.458 e. The van der Waals surface area contributed by atoms with Crippen LogP contribution in [-0.2, 0) is 16.0 Å². The molecule has 2 heteroatoms. The number of carbonyl (C=O) groups is 1. The summed E-state index contributed by atoms with van der Waals surface area (Å²) in [5, 5.41) is 0. The van der Waals surface area contributed by atoms with Gasteiger partial charge in [0.25, 0.3) is 0 Å². The van der Waals surface area contributed by atoms with Crippen LogP contribution in [0, 0.1) is 0 Å². The maximum atomic E-state index is 11.4. The zero-order valence-corrected chi connectivity index (χ0v) is 8.19. The second-order valence-electron chi connectivity index (χ2n) is 3.80. The van der Waals surface area contributed by atoms with Crippen LogP contribution >= 0.6 is 0 Å². The summed E-state index contributed by atoms with van der Waals surface area (Å²) in [5.41, 5.74) is 4.30. The Bertz CT molecular complexity index is 495. The molecule has 2 nitrogen and oxygen atoms in total. The minimum Gasteiger partial charge on any atom is -0.458 e. The monoisotopic (exact) mass is 198 g/mol. The van der Waals surface area contributed by atoms with Crippen molar-refractivity contribution in [3.05, 3.63) is 52.6 Å². The minimum absolute atomic E-state index is 0.186. The van der Waals surface area contributed by atoms with Crippen molar-refractivity contribution >= 4 is 12.0 Å². The molecular weight excluding hydrogens is 188 g/mol. The molecule has 15 heavy (non-hydrogen) atoms. The van der Waals surface area contributed by atoms with Gasteiger partial charge >= 0.3 is 5.97 Å². The van der Waals surface area contributed by atoms with Crippen LogP contribution < -0.4 is 0 Å². The molecule has 0 bridgehead atoms. The number of fused-ring (bicyclic) bond motifs is 1. The standard InChI is InChI=1S/C13H10O2/c14-13-12-6-5-9-3-1-2-4-10(9)7-11(12)8-15-13/h1-6H,7-8H2. The number of cyclic esters (lactones) is 1. The van der Waals surface area contributed by atoms with Crippen molar-refractivity contribution in [2.24, 2.45) is 0 Å². The summed E-state index contributed by atoms with van der Waals surface area (Å²) in [7, 11) is 0. The van der Waals surface area contributed by atoms with Gasteiger partial charge in [0, 0.05) is 0 Å². The van der Waals surface area contributed by atoms with E-state index in [4.69, 9.17) is 4.74 Å². The van der Waals surface area contributed by atoms with E-state index in [1.807, 2.05) is 24.3 Å². The molecule has 0 saturated carbocycles. The molecule has 0 radical (unpaired) electrons. The Hall–Kier alpha value is -1.83. The van der Waals surface area contributed by atoms with E-state index in [9.17, 15) is 4.79 Å². The van der Waals surface area contributed by atoms with Crippen molar-refractivity contribution in [2.45, 2.75) is 6.42 Å². The van der Waals surface area contributed by atoms with E-state index in [2.05, 4.69) is 12.1 Å². The third-order valence-electron chi connectivity index (χ3n) is 2.87. The van der Waals surface area contributed by atoms with Gasteiger partial charge < -0.3 is 4.74 Å². The van der Waals surface area contributed by atoms with Gasteiger partial charge in [0.1, 0.15) is 6.61 Å². The van der Waals surface area contributed by atoms with E-state index >= 15 is 0 Å². The highest BCUT2D eigenvalue weighted by Gasteiger charge is 2.24. The molecule has 0 spiro atoms. The Labute approximate surface area is 87.9 Å². The summed E-state index contributed by atoms with van der Waals surface area (Å²) < 4.78 is 5.01. The van der Waals surface area contributed by atoms with Crippen LogP contribution in [-0.4, -0.2) is 12.6 Å². The maximum Gasteiger partial charge on any atom is 0.338 e. The molecule has 1 aromatic carbocycles. The summed E-state index contributed by atoms with van der Waals surface area (Å²) in [6.07, 6.45) is 4.69. The summed E-state index contributed by atoms with van der Waals surface area (Å²) >= 11 is 0. The van der Waals surface area contributed by atoms with Crippen LogP contribution in [0.2, 0.25) is 0 Å². The first-order valence-corrected chi connectivity index (χ1v) is 5.00. The van der Waals surface area contributed by atoms with Crippen LogP contribution in [0.3, 0.4) is 0 Å². The number of esters is 1. The van der Waals surface area contributed by atoms with Crippen molar-refractivity contribution in [3.8, 4) is 0 Å². The Kier molecular flexibility index (Phi) is 1.75. The molecule has 74 valence electrons. The lowest BCUT2D eigenvalue weighted by Gasteiger charge is -2.04. The molecule has 1 aliphatic heterocycles. The van der Waals surface area contributed by atoms with Crippen molar-refractivity contribution in [1.29, 1.82) is 0 Å². The molecule has 0 amide bonds. The first-order valence-electron chi connectivity index (χ1n) is 5.00. The van der Waals surface area contributed by atoms with Crippen LogP contribution in [0.4, 0.5) is 0 Å². The quantitative estimate of drug-likeness (QED) is 0.597. The van der Waals surface area contributed by atoms with E-state index in [1.54, 1.807) is 0 Å². The average molecular weight is 198 g/mol. The highest BCUT2D eigenvalue weighted by Crippen LogP contribution is 2.27. The fraction of sp³-hybridized carbons (Fsp3) is 0.154. The molecule has 0 N–H and O–H groups in total. The Morgan fingerprint density at radius 3 is 2.93 bits per heavy atom. The third-order valence-corrected chi connectivity index (χ3v) is 2.87. The van der Waals surface area contributed by atoms with E-state index in [0.29, 0.717) is 6.61 Å². The molecule has 0 fully saturated rings. The number of rotatable bonds is 0. The van der Waals surface area contributed by atoms with Crippen LogP contribution in [0.5, 0.6) is 0 Å². The lowest BCUT2D eigenvalue weighted by molar-refractivity contribution is -0.135. The maximum absolute atomic E-state index is 11.4. The molecule has 0 saturated heterocycles. The van der Waals surface area contributed by atoms with Crippen molar-refractivity contribution in [3.63, 3.8) is 0 Å². The van der Waals surface area contributed by atoms with Crippen molar-refractivity contribution in [1.82, 2.24) is 0 Å². The van der Waals surface area contributed by atoms with Crippen molar-refractivity contribution < 1.29 is 9.53 Å². The van der Waals surface area contributed by atoms with Crippen molar-refractivity contribution in [2.75, 3.05) is 6.61 Å². The molecule has 0 atom stereocenters. The molecule has 3 rings (SSSR count). The average Bonchev–Trinajstić information content (AvgIpc) is 2.51. The summed E-state index contributed by atoms with van der Waals surface area (Å²) in [6.45, 7) is 0.451. The van der Waals surface area contributed by atoms with Crippen LogP contribution in [0.15, 0.2) is 41.5 Å². The third kappa shape index (κ3) is 1.30. The molecule has 2 aliphatic rings. The van der Waals surface area contributed by atoms with Gasteiger partial charge in [-0.1, -0.05) is 30.3 Å². The van der Waals surface area contributed by atoms with Crippen LogP contribution in [0.25, 0.3) is 6.08 Å². The fourth-order valence-electron chi connectivity index (χ4n) is 2.05. The van der Waals surface area contributed by atoms with E-state index in [-0.39, 0.29) is 5.97 Å². The lowest BCUT2D eigenvalue weighted by atomic mass is 10.0. The molecular formula is C13H10O2. The zero-order chi connectivity index (χ0) is 10.3. The Morgan fingerprint density at radius 1 is 1.13 bits per heavy atom. The highest BCUT2D eigenvalue weighted by molar-refractivity contribution is 5.96. The normalized spacial score (nSPS) is 18.3. The van der Waals surface area contributed by atoms with Gasteiger partial charge in [0.15, 0.2) is 0 Å². The van der Waals surface area contributed by atoms with Gasteiger partial charge in [-0.25, -0.2) is 4.79 Å². The molecule has 0 aromatic heterocycles. The number of hydrogen-bond acceptors (Lipinski definition) is 2. The topological polar surface area (TPSA) is 26.3 Å². The second-order valence-corrected chi connectivity index (χ2v) is 3.80. The molecule has 1 heterocycles. The number of benzene rings is 1. The molecule has 1 aromatic rings. The van der Waals surface area contributed by atoms with Gasteiger partial charge in [-0.05, 0) is 29.2 Å². The summed E-state index contributed by atoms with van der Waals surface area (Å²) in [4.78, 5) is 11.4. The minimum atomic E-state index is -0.186. The first-order chi connectivity index (χ1) is 7.34. The summed E-state index contributed by atoms with van der Waals surface area (Å²) in [6, 6.07) is 8.20. The van der Waals surface area contributed by atoms with E-state index in [1.165, 1.54) is 11.1 Å². The van der Waals surface area contributed by atoms with E-state index < -0.39 is 0 Å². The Balaban J connectivity index is 2.11. The number of hydrogen-bond donors (Lipinski definition) is 0. The van der Waals surface area contributed by atoms with Gasteiger partial charge in [0.2, 0.25) is 0 Å². The molecule has 1 aliphatic carbocycles. The summed E-state index contributed by atoms with van der Waals surface area (Å²) in [5.74, 6) is -0.186. The van der Waals surface area contributed by atoms with Gasteiger partial charge in [0.05, 0.1) is 5.57 Å². The Morgan fingerprint density at radius 2 is 2.00 bits per heavy atom. The molecule has 0 unspecified atom stereocenters. The van der Waals surface area contributed by atoms with E-state index in [0.717, 1.165) is 17.6 Å². The predicted molar refractivity (Wildman–Crippen MR) is 57.2 cm³/mol. The SMILES string of the molecule is O=C1OCC2=C1C=Cc1ccccc1C2. The first kappa shape index (κ1) is 8.48. The highest BCUT2D eigenvalue weighted by atomic mass is 16.5. The number of carbonyl (C=O) groups excluding carboxylic acids is 1. The van der Waals surface area contributed by atoms with Gasteiger partial charge in [-0.2, -0.15) is 0 Å². The smallest absolute Gasteiger partial charge is 0.338 e. The second kappa shape index (κ2) is 3.09. The zero-order valence-electron chi connectivity index (χ0n) is 8.19. The van der Waals surface area contributed by atoms with Crippen LogP contribution in [0.1, 0.15) is 11.1 Å². The fourth-order valence-corrected chi connectivity index (χ4v) is 2.05. The van der Waals surface area contributed by atoms with Gasteiger partial charge in [-0.15, -0.1) is 0 Å². The van der Waals surface area contributed by atoms with Gasteiger partial charge in [-0.3, -0.25) is 0 Å².